The molecule has 0 aliphatic carbocycles. The molecular weight excluding hydrogens is 297 g/mol. The van der Waals surface area contributed by atoms with Crippen molar-refractivity contribution in [1.82, 2.24) is 4.90 Å². The molecule has 0 heterocycles. The Bertz CT molecular complexity index is 377. The Morgan fingerprint density at radius 3 is 1.50 bits per heavy atom. The van der Waals surface area contributed by atoms with Crippen molar-refractivity contribution in [2.24, 2.45) is 0 Å². The summed E-state index contributed by atoms with van der Waals surface area (Å²) in [6.45, 7) is -2.51. The van der Waals surface area contributed by atoms with Crippen LogP contribution in [0.3, 0.4) is 0 Å². The molecule has 0 atom stereocenters. The number of nitrogens with zero attached hydrogens (tertiary/aromatic N) is 1. The maximum Gasteiger partial charge on any atom is 0.463 e. The zero-order valence-electron chi connectivity index (χ0n) is 10.3. The number of esters is 2. The predicted octanol–water partition coefficient (Wildman–Crippen LogP) is 0.359. The van der Waals surface area contributed by atoms with Gasteiger partial charge in [0.25, 0.3) is 0 Å². The Kier molecular flexibility index (Phi) is 5.85. The zero-order valence-corrected chi connectivity index (χ0v) is 10.3. The van der Waals surface area contributed by atoms with Crippen molar-refractivity contribution in [3.8, 4) is 0 Å². The van der Waals surface area contributed by atoms with E-state index in [4.69, 9.17) is 0 Å². The van der Waals surface area contributed by atoms with E-state index in [2.05, 4.69) is 9.47 Å². The van der Waals surface area contributed by atoms with Crippen molar-refractivity contribution in [2.45, 2.75) is 12.1 Å². The fraction of sp³-hybridized carbons (Fsp3) is 0.667. The van der Waals surface area contributed by atoms with Crippen molar-refractivity contribution >= 4 is 17.8 Å². The summed E-state index contributed by atoms with van der Waals surface area (Å²) in [6.07, 6.45) is -6.16. The Labute approximate surface area is 109 Å². The Morgan fingerprint density at radius 2 is 1.25 bits per heavy atom. The van der Waals surface area contributed by atoms with Crippen LogP contribution in [-0.4, -0.2) is 62.2 Å². The highest BCUT2D eigenvalue weighted by molar-refractivity contribution is 5.90. The van der Waals surface area contributed by atoms with Crippen LogP contribution in [0.25, 0.3) is 0 Å². The minimum Gasteiger partial charge on any atom is -0.468 e. The second kappa shape index (κ2) is 6.48. The van der Waals surface area contributed by atoms with E-state index in [1.807, 2.05) is 0 Å². The smallest absolute Gasteiger partial charge is 0.463 e. The first-order valence-electron chi connectivity index (χ1n) is 4.85. The van der Waals surface area contributed by atoms with E-state index in [-0.39, 0.29) is 4.90 Å². The van der Waals surface area contributed by atoms with E-state index in [9.17, 15) is 36.3 Å². The number of ether oxygens (including phenoxy) is 2. The molecule has 0 radical (unpaired) electrons. The molecule has 0 aliphatic heterocycles. The molecule has 0 saturated carbocycles. The van der Waals surface area contributed by atoms with E-state index in [1.54, 1.807) is 0 Å². The fourth-order valence-electron chi connectivity index (χ4n) is 0.960. The molecule has 0 rings (SSSR count). The first-order valence-corrected chi connectivity index (χ1v) is 4.85. The molecule has 0 fully saturated rings. The minimum absolute atomic E-state index is 0.300. The molecule has 0 unspecified atom stereocenters. The van der Waals surface area contributed by atoms with Crippen LogP contribution in [0.15, 0.2) is 0 Å². The topological polar surface area (TPSA) is 72.9 Å². The summed E-state index contributed by atoms with van der Waals surface area (Å²) in [5.74, 6) is -11.0. The van der Waals surface area contributed by atoms with Gasteiger partial charge in [0.15, 0.2) is 0 Å². The lowest BCUT2D eigenvalue weighted by Gasteiger charge is -2.26. The number of carbonyl (C=O) groups is 3. The lowest BCUT2D eigenvalue weighted by molar-refractivity contribution is -0.274. The number of rotatable bonds is 5. The predicted molar refractivity (Wildman–Crippen MR) is 51.6 cm³/mol. The minimum atomic E-state index is -6.16. The summed E-state index contributed by atoms with van der Waals surface area (Å²) in [5.41, 5.74) is 0. The van der Waals surface area contributed by atoms with E-state index in [0.717, 1.165) is 14.2 Å². The molecule has 20 heavy (non-hydrogen) atoms. The molecule has 6 nitrogen and oxygen atoms in total. The summed E-state index contributed by atoms with van der Waals surface area (Å²) in [6, 6.07) is 0. The van der Waals surface area contributed by atoms with Crippen LogP contribution in [0.5, 0.6) is 0 Å². The normalized spacial score (nSPS) is 11.8. The van der Waals surface area contributed by atoms with Crippen molar-refractivity contribution in [3.05, 3.63) is 0 Å². The summed E-state index contributed by atoms with van der Waals surface area (Å²) in [5, 5.41) is 0. The van der Waals surface area contributed by atoms with Crippen LogP contribution in [0.1, 0.15) is 0 Å². The lowest BCUT2D eigenvalue weighted by Crippen LogP contribution is -2.54. The summed E-state index contributed by atoms with van der Waals surface area (Å²) < 4.78 is 70.0. The van der Waals surface area contributed by atoms with E-state index in [1.165, 1.54) is 0 Å². The Balaban J connectivity index is 5.25. The Morgan fingerprint density at radius 1 is 0.900 bits per heavy atom. The molecule has 0 bridgehead atoms. The molecule has 0 aromatic rings. The largest absolute Gasteiger partial charge is 0.468 e. The van der Waals surface area contributed by atoms with Gasteiger partial charge >= 0.3 is 29.9 Å². The molecular formula is C9H10F5NO5. The molecule has 0 aliphatic rings. The van der Waals surface area contributed by atoms with Crippen LogP contribution in [0.2, 0.25) is 0 Å². The standard InChI is InChI=1S/C9H10F5NO5/c1-19-5(16)3-15(4-6(17)20-2)7(18)8(10,11)9(12,13)14/h3-4H2,1-2H3. The van der Waals surface area contributed by atoms with Crippen LogP contribution < -0.4 is 0 Å². The summed E-state index contributed by atoms with van der Waals surface area (Å²) >= 11 is 0. The molecule has 0 aromatic heterocycles. The monoisotopic (exact) mass is 307 g/mol. The maximum atomic E-state index is 12.9. The first kappa shape index (κ1) is 18.1. The van der Waals surface area contributed by atoms with E-state index >= 15 is 0 Å². The Hall–Kier alpha value is -1.94. The van der Waals surface area contributed by atoms with Crippen LogP contribution in [-0.2, 0) is 23.9 Å². The number of alkyl halides is 5. The highest BCUT2D eigenvalue weighted by Crippen LogP contribution is 2.36. The van der Waals surface area contributed by atoms with Gasteiger partial charge < -0.3 is 14.4 Å². The third-order valence-corrected chi connectivity index (χ3v) is 2.01. The highest BCUT2D eigenvalue weighted by atomic mass is 19.4. The molecule has 0 spiro atoms. The van der Waals surface area contributed by atoms with Crippen molar-refractivity contribution in [1.29, 1.82) is 0 Å². The number of halogens is 5. The maximum absolute atomic E-state index is 12.9. The van der Waals surface area contributed by atoms with Gasteiger partial charge in [-0.3, -0.25) is 14.4 Å². The van der Waals surface area contributed by atoms with Gasteiger partial charge in [0.2, 0.25) is 0 Å². The van der Waals surface area contributed by atoms with Gasteiger partial charge in [0.05, 0.1) is 14.2 Å². The van der Waals surface area contributed by atoms with Gasteiger partial charge in [-0.2, -0.15) is 22.0 Å². The molecule has 116 valence electrons. The fourth-order valence-corrected chi connectivity index (χ4v) is 0.960. The second-order valence-electron chi connectivity index (χ2n) is 3.39. The van der Waals surface area contributed by atoms with Gasteiger partial charge in [-0.15, -0.1) is 0 Å². The van der Waals surface area contributed by atoms with Crippen LogP contribution in [0, 0.1) is 0 Å². The second-order valence-corrected chi connectivity index (χ2v) is 3.39. The summed E-state index contributed by atoms with van der Waals surface area (Å²) in [4.78, 5) is 32.6. The number of hydrogen-bond acceptors (Lipinski definition) is 5. The third-order valence-electron chi connectivity index (χ3n) is 2.01. The molecule has 11 heteroatoms. The van der Waals surface area contributed by atoms with Crippen molar-refractivity contribution in [3.63, 3.8) is 0 Å². The average molecular weight is 307 g/mol. The quantitative estimate of drug-likeness (QED) is 0.541. The number of amides is 1. The molecule has 0 N–H and O–H groups in total. The molecule has 0 aromatic carbocycles. The van der Waals surface area contributed by atoms with Gasteiger partial charge in [-0.25, -0.2) is 0 Å². The van der Waals surface area contributed by atoms with E-state index < -0.39 is 43.0 Å². The SMILES string of the molecule is COC(=O)CN(CC(=O)OC)C(=O)C(F)(F)C(F)(F)F. The van der Waals surface area contributed by atoms with Gasteiger partial charge in [0, 0.05) is 0 Å². The van der Waals surface area contributed by atoms with Crippen LogP contribution >= 0.6 is 0 Å². The van der Waals surface area contributed by atoms with Crippen LogP contribution in [0.4, 0.5) is 22.0 Å². The summed E-state index contributed by atoms with van der Waals surface area (Å²) in [7, 11) is 1.65. The first-order chi connectivity index (χ1) is 8.97. The number of carbonyl (C=O) groups excluding carboxylic acids is 3. The van der Waals surface area contributed by atoms with Crippen molar-refractivity contribution < 1.29 is 45.8 Å². The zero-order chi connectivity index (χ0) is 16.1. The van der Waals surface area contributed by atoms with Gasteiger partial charge in [-0.1, -0.05) is 0 Å². The highest BCUT2D eigenvalue weighted by Gasteiger charge is 2.64. The number of hydrogen-bond donors (Lipinski definition) is 0. The third kappa shape index (κ3) is 4.31. The molecule has 1 amide bonds. The van der Waals surface area contributed by atoms with Crippen molar-refractivity contribution in [2.75, 3.05) is 27.3 Å². The van der Waals surface area contributed by atoms with Gasteiger partial charge in [-0.05, 0) is 0 Å². The lowest BCUT2D eigenvalue weighted by atomic mass is 10.2. The molecule has 0 saturated heterocycles. The average Bonchev–Trinajstić information content (AvgIpc) is 2.35. The van der Waals surface area contributed by atoms with Gasteiger partial charge in [0.1, 0.15) is 13.1 Å². The van der Waals surface area contributed by atoms with E-state index in [0.29, 0.717) is 0 Å². The number of methoxy groups -OCH3 is 2.